The summed E-state index contributed by atoms with van der Waals surface area (Å²) in [4.78, 5) is 0. The Morgan fingerprint density at radius 1 is 0.277 bits per heavy atom. The van der Waals surface area contributed by atoms with Crippen LogP contribution in [0, 0.1) is 0 Å². The highest BCUT2D eigenvalue weighted by Gasteiger charge is 2.37. The molecule has 10 aromatic carbocycles. The van der Waals surface area contributed by atoms with Crippen molar-refractivity contribution < 1.29 is 0 Å². The SMILES string of the molecule is CC(C)c1ccccc1-c1ccc(-c2c3ccccc3c(-c3ccccc3-c3ccc4c(c3)C(C)(C)c3ccccc3-4)c3ccc(-c4ccc5c(c4)C(C)(C)c4ccccc4-5)cc23)cc1. The zero-order chi connectivity index (χ0) is 44.2. The lowest BCUT2D eigenvalue weighted by Crippen LogP contribution is -2.14. The van der Waals surface area contributed by atoms with Crippen molar-refractivity contribution in [2.75, 3.05) is 0 Å². The van der Waals surface area contributed by atoms with E-state index < -0.39 is 0 Å². The molecular weight excluding hydrogens is 781 g/mol. The Morgan fingerprint density at radius 2 is 0.692 bits per heavy atom. The normalized spacial score (nSPS) is 14.1. The van der Waals surface area contributed by atoms with Gasteiger partial charge in [-0.15, -0.1) is 0 Å². The number of hydrogen-bond acceptors (Lipinski definition) is 0. The molecule has 12 rings (SSSR count). The molecule has 0 fully saturated rings. The van der Waals surface area contributed by atoms with Gasteiger partial charge in [-0.1, -0.05) is 224 Å². The van der Waals surface area contributed by atoms with Crippen LogP contribution >= 0.6 is 0 Å². The Hall–Kier alpha value is -7.28. The van der Waals surface area contributed by atoms with E-state index >= 15 is 0 Å². The summed E-state index contributed by atoms with van der Waals surface area (Å²) in [6, 6.07) is 75.9. The Balaban J connectivity index is 1.09. The molecule has 0 heterocycles. The van der Waals surface area contributed by atoms with E-state index in [1.54, 1.807) is 0 Å². The molecule has 0 spiro atoms. The van der Waals surface area contributed by atoms with Crippen LogP contribution in [0.25, 0.3) is 99.4 Å². The minimum absolute atomic E-state index is 0.0808. The van der Waals surface area contributed by atoms with Crippen LogP contribution in [0.15, 0.2) is 200 Å². The zero-order valence-corrected chi connectivity index (χ0v) is 38.1. The first-order valence-corrected chi connectivity index (χ1v) is 23.4. The van der Waals surface area contributed by atoms with E-state index in [1.165, 1.54) is 127 Å². The quantitative estimate of drug-likeness (QED) is 0.146. The van der Waals surface area contributed by atoms with Crippen molar-refractivity contribution >= 4 is 21.5 Å². The van der Waals surface area contributed by atoms with Crippen LogP contribution < -0.4 is 0 Å². The van der Waals surface area contributed by atoms with Crippen LogP contribution in [0.3, 0.4) is 0 Å². The topological polar surface area (TPSA) is 0 Å². The molecule has 0 aliphatic heterocycles. The van der Waals surface area contributed by atoms with Crippen LogP contribution in [-0.4, -0.2) is 0 Å². The first-order valence-electron chi connectivity index (χ1n) is 23.4. The lowest BCUT2D eigenvalue weighted by Gasteiger charge is -2.23. The van der Waals surface area contributed by atoms with Gasteiger partial charge < -0.3 is 0 Å². The smallest absolute Gasteiger partial charge is 0.0159 e. The summed E-state index contributed by atoms with van der Waals surface area (Å²) in [5.41, 5.74) is 24.7. The van der Waals surface area contributed by atoms with Crippen LogP contribution in [0.1, 0.15) is 75.3 Å². The molecule has 2 aliphatic carbocycles. The molecule has 0 amide bonds. The highest BCUT2D eigenvalue weighted by molar-refractivity contribution is 6.23. The van der Waals surface area contributed by atoms with Gasteiger partial charge in [0.15, 0.2) is 0 Å². The van der Waals surface area contributed by atoms with Crippen molar-refractivity contribution in [2.45, 2.75) is 58.3 Å². The van der Waals surface area contributed by atoms with Crippen molar-refractivity contribution in [1.29, 1.82) is 0 Å². The van der Waals surface area contributed by atoms with Crippen molar-refractivity contribution in [1.82, 2.24) is 0 Å². The fraction of sp³-hybridized carbons (Fsp3) is 0.138. The van der Waals surface area contributed by atoms with Gasteiger partial charge in [0.05, 0.1) is 0 Å². The van der Waals surface area contributed by atoms with E-state index in [0.717, 1.165) is 0 Å². The minimum atomic E-state index is -0.0870. The fourth-order valence-corrected chi connectivity index (χ4v) is 11.7. The van der Waals surface area contributed by atoms with E-state index in [9.17, 15) is 0 Å². The maximum Gasteiger partial charge on any atom is 0.0159 e. The van der Waals surface area contributed by atoms with Gasteiger partial charge in [-0.25, -0.2) is 0 Å². The van der Waals surface area contributed by atoms with E-state index in [-0.39, 0.29) is 10.8 Å². The van der Waals surface area contributed by atoms with Crippen molar-refractivity contribution in [3.05, 3.63) is 228 Å². The average molecular weight is 833 g/mol. The second-order valence-corrected chi connectivity index (χ2v) is 19.8. The zero-order valence-electron chi connectivity index (χ0n) is 38.1. The first-order chi connectivity index (χ1) is 31.6. The molecule has 10 aromatic rings. The van der Waals surface area contributed by atoms with Gasteiger partial charge in [-0.2, -0.15) is 0 Å². The minimum Gasteiger partial charge on any atom is -0.0619 e. The van der Waals surface area contributed by atoms with E-state index in [1.807, 2.05) is 0 Å². The molecule has 0 unspecified atom stereocenters. The van der Waals surface area contributed by atoms with Crippen LogP contribution in [0.2, 0.25) is 0 Å². The van der Waals surface area contributed by atoms with Gasteiger partial charge in [-0.3, -0.25) is 0 Å². The molecule has 0 atom stereocenters. The second kappa shape index (κ2) is 14.6. The van der Waals surface area contributed by atoms with Crippen molar-refractivity contribution in [3.63, 3.8) is 0 Å². The summed E-state index contributed by atoms with van der Waals surface area (Å²) >= 11 is 0. The first kappa shape index (κ1) is 39.3. The van der Waals surface area contributed by atoms with Gasteiger partial charge in [0.25, 0.3) is 0 Å². The summed E-state index contributed by atoms with van der Waals surface area (Å²) in [5.74, 6) is 0.436. The number of hydrogen-bond donors (Lipinski definition) is 0. The molecule has 0 bridgehead atoms. The van der Waals surface area contributed by atoms with Crippen molar-refractivity contribution in [3.8, 4) is 77.9 Å². The standard InChI is InChI=1S/C65H52/c1-40(2)46-17-7-8-18-47(46)41-27-29-42(30-28-41)62-54-23-11-12-24-55(54)63(53-22-10-9-19-48(53)45-33-35-52-50-21-14-16-26-59(50)65(5,6)61(52)39-45)56-36-32-43(37-57(56)62)44-31-34-51-49-20-13-15-25-58(49)64(3,4)60(51)38-44/h7-40H,1-6H3. The summed E-state index contributed by atoms with van der Waals surface area (Å²) in [5, 5.41) is 5.03. The summed E-state index contributed by atoms with van der Waals surface area (Å²) < 4.78 is 0. The largest absolute Gasteiger partial charge is 0.0619 e. The van der Waals surface area contributed by atoms with E-state index in [4.69, 9.17) is 0 Å². The molecule has 0 saturated heterocycles. The van der Waals surface area contributed by atoms with Gasteiger partial charge in [-0.05, 0) is 151 Å². The molecular formula is C65H52. The van der Waals surface area contributed by atoms with Crippen LogP contribution in [0.4, 0.5) is 0 Å². The third-order valence-electron chi connectivity index (χ3n) is 15.1. The predicted octanol–water partition coefficient (Wildman–Crippen LogP) is 18.1. The van der Waals surface area contributed by atoms with Crippen molar-refractivity contribution in [2.24, 2.45) is 0 Å². The Bertz CT molecular complexity index is 3550. The lowest BCUT2D eigenvalue weighted by molar-refractivity contribution is 0.660. The highest BCUT2D eigenvalue weighted by atomic mass is 14.4. The number of rotatable bonds is 6. The Morgan fingerprint density at radius 3 is 1.32 bits per heavy atom. The van der Waals surface area contributed by atoms with E-state index in [2.05, 4.69) is 242 Å². The maximum atomic E-state index is 2.48. The number of benzene rings is 10. The Kier molecular flexibility index (Phi) is 8.85. The van der Waals surface area contributed by atoms with E-state index in [0.29, 0.717) is 5.92 Å². The highest BCUT2D eigenvalue weighted by Crippen LogP contribution is 2.53. The van der Waals surface area contributed by atoms with Gasteiger partial charge in [0.2, 0.25) is 0 Å². The monoisotopic (exact) mass is 832 g/mol. The lowest BCUT2D eigenvalue weighted by atomic mass is 9.80. The maximum absolute atomic E-state index is 2.48. The molecule has 2 aliphatic rings. The number of fused-ring (bicyclic) bond motifs is 8. The Labute approximate surface area is 383 Å². The average Bonchev–Trinajstić information content (AvgIpc) is 3.72. The second-order valence-electron chi connectivity index (χ2n) is 19.8. The third-order valence-corrected chi connectivity index (χ3v) is 15.1. The van der Waals surface area contributed by atoms with Gasteiger partial charge in [0.1, 0.15) is 0 Å². The molecule has 0 radical (unpaired) electrons. The summed E-state index contributed by atoms with van der Waals surface area (Å²) in [6.45, 7) is 14.1. The van der Waals surface area contributed by atoms with Crippen LogP contribution in [-0.2, 0) is 10.8 Å². The van der Waals surface area contributed by atoms with Crippen LogP contribution in [0.5, 0.6) is 0 Å². The fourth-order valence-electron chi connectivity index (χ4n) is 11.7. The molecule has 0 N–H and O–H groups in total. The molecule has 0 aromatic heterocycles. The third kappa shape index (κ3) is 5.97. The summed E-state index contributed by atoms with van der Waals surface area (Å²) in [7, 11) is 0. The predicted molar refractivity (Wildman–Crippen MR) is 278 cm³/mol. The molecule has 0 saturated carbocycles. The molecule has 312 valence electrons. The molecule has 65 heavy (non-hydrogen) atoms. The molecule has 0 heteroatoms. The summed E-state index contributed by atoms with van der Waals surface area (Å²) in [6.07, 6.45) is 0. The van der Waals surface area contributed by atoms with Gasteiger partial charge >= 0.3 is 0 Å². The van der Waals surface area contributed by atoms with Gasteiger partial charge in [0, 0.05) is 10.8 Å². The molecule has 0 nitrogen and oxygen atoms in total.